The van der Waals surface area contributed by atoms with Crippen LogP contribution in [0.5, 0.6) is 34.5 Å². The van der Waals surface area contributed by atoms with Crippen molar-refractivity contribution in [2.45, 2.75) is 130 Å². The predicted molar refractivity (Wildman–Crippen MR) is 545 cm³/mol. The number of benzene rings is 6. The smallest absolute Gasteiger partial charge is 0.478 e. The van der Waals surface area contributed by atoms with Crippen molar-refractivity contribution in [3.8, 4) is 56.8 Å². The Kier molecular flexibility index (Phi) is 48.0. The Labute approximate surface area is 827 Å². The van der Waals surface area contributed by atoms with Crippen LogP contribution < -0.4 is 69.6 Å². The maximum Gasteiger partial charge on any atom is 0.488 e. The summed E-state index contributed by atoms with van der Waals surface area (Å²) >= 11 is 21.7. The van der Waals surface area contributed by atoms with Gasteiger partial charge in [0.15, 0.2) is 5.15 Å². The normalized spacial score (nSPS) is 13.7. The van der Waals surface area contributed by atoms with Gasteiger partial charge in [0.2, 0.25) is 5.24 Å². The fourth-order valence-corrected chi connectivity index (χ4v) is 13.6. The van der Waals surface area contributed by atoms with Crippen molar-refractivity contribution in [3.63, 3.8) is 0 Å². The molecule has 0 unspecified atom stereocenters. The second-order valence-electron chi connectivity index (χ2n) is 34.3. The van der Waals surface area contributed by atoms with E-state index in [2.05, 4.69) is 74.3 Å². The van der Waals surface area contributed by atoms with Crippen LogP contribution in [-0.2, 0) is 23.8 Å². The van der Waals surface area contributed by atoms with Crippen LogP contribution in [-0.4, -0.2) is 202 Å². The Hall–Kier alpha value is -12.6. The summed E-state index contributed by atoms with van der Waals surface area (Å²) in [5, 5.41) is 39.2. The topological polar surface area (TPSA) is 492 Å². The van der Waals surface area contributed by atoms with E-state index in [0.717, 1.165) is 160 Å². The molecule has 4 fully saturated rings. The number of rotatable bonds is 21. The van der Waals surface area contributed by atoms with Gasteiger partial charge in [0.1, 0.15) is 127 Å². The van der Waals surface area contributed by atoms with E-state index in [0.29, 0.717) is 89.4 Å². The first kappa shape index (κ1) is 113. The van der Waals surface area contributed by atoms with E-state index in [1.54, 1.807) is 39.0 Å². The van der Waals surface area contributed by atoms with Crippen molar-refractivity contribution in [1.29, 1.82) is 0 Å². The molecule has 736 valence electrons. The number of anilines is 7. The summed E-state index contributed by atoms with van der Waals surface area (Å²) in [6.45, 7) is 32.5. The molecule has 0 bridgehead atoms. The summed E-state index contributed by atoms with van der Waals surface area (Å²) in [6.07, 6.45) is 14.8. The molecule has 0 spiro atoms. The third-order valence-corrected chi connectivity index (χ3v) is 21.6. The Bertz CT molecular complexity index is 5290. The molecule has 40 heteroatoms. The second kappa shape index (κ2) is 58.1. The number of para-hydroxylation sites is 3. The molecule has 4 aliphatic rings. The summed E-state index contributed by atoms with van der Waals surface area (Å²) < 4.78 is 33.5. The van der Waals surface area contributed by atoms with Crippen molar-refractivity contribution in [3.05, 3.63) is 230 Å². The zero-order valence-corrected chi connectivity index (χ0v) is 82.4. The number of hydrogen-bond acceptors (Lipinski definition) is 30. The molecule has 0 radical (unpaired) electrons. The number of carboxylic acid groups (broad SMARTS) is 1. The van der Waals surface area contributed by atoms with Crippen molar-refractivity contribution < 1.29 is 67.5 Å². The van der Waals surface area contributed by atoms with Crippen LogP contribution >= 0.6 is 58.8 Å². The lowest BCUT2D eigenvalue weighted by Gasteiger charge is -2.33. The van der Waals surface area contributed by atoms with E-state index < -0.39 is 35.1 Å². The Morgan fingerprint density at radius 2 is 0.715 bits per heavy atom. The van der Waals surface area contributed by atoms with Crippen molar-refractivity contribution in [1.82, 2.24) is 59.9 Å². The van der Waals surface area contributed by atoms with E-state index in [9.17, 15) is 24.0 Å². The van der Waals surface area contributed by atoms with Crippen LogP contribution in [0.2, 0.25) is 15.2 Å². The molecule has 3 amide bonds. The number of piperidine rings is 4. The van der Waals surface area contributed by atoms with E-state index in [1.807, 2.05) is 202 Å². The van der Waals surface area contributed by atoms with Crippen molar-refractivity contribution in [2.75, 3.05) is 117 Å². The Balaban J connectivity index is 0.000000256. The van der Waals surface area contributed by atoms with Gasteiger partial charge in [-0.25, -0.2) is 59.0 Å². The highest BCUT2D eigenvalue weighted by Gasteiger charge is 2.31. The monoisotopic (exact) mass is 1980 g/mol. The quantitative estimate of drug-likeness (QED) is 0.0104. The highest BCUT2D eigenvalue weighted by atomic mass is 35.5. The zero-order chi connectivity index (χ0) is 99.3. The van der Waals surface area contributed by atoms with Crippen LogP contribution in [0.4, 0.5) is 55.1 Å². The van der Waals surface area contributed by atoms with Crippen molar-refractivity contribution in [2.24, 2.45) is 29.4 Å². The predicted octanol–water partition coefficient (Wildman–Crippen LogP) is 18.0. The number of nitrogens with two attached hydrogens (primary N) is 5. The van der Waals surface area contributed by atoms with Gasteiger partial charge in [0.05, 0.1) is 11.1 Å². The van der Waals surface area contributed by atoms with Gasteiger partial charge in [0.25, 0.3) is 0 Å². The van der Waals surface area contributed by atoms with Gasteiger partial charge in [-0.3, -0.25) is 4.79 Å². The van der Waals surface area contributed by atoms with Gasteiger partial charge < -0.3 is 108 Å². The molecule has 0 atom stereocenters. The molecule has 6 aromatic carbocycles. The molecule has 0 aliphatic carbocycles. The number of carbonyl (C=O) groups excluding carboxylic acids is 4. The van der Waals surface area contributed by atoms with E-state index in [-0.39, 0.29) is 52.5 Å². The maximum atomic E-state index is 12.3. The first-order valence-corrected chi connectivity index (χ1v) is 45.8. The number of carboxylic acids is 1. The lowest BCUT2D eigenvalue weighted by Crippen LogP contribution is -2.42. The van der Waals surface area contributed by atoms with Gasteiger partial charge in [-0.2, -0.15) is 0 Å². The minimum Gasteiger partial charge on any atom is -0.478 e. The third-order valence-electron chi connectivity index (χ3n) is 20.3. The van der Waals surface area contributed by atoms with Crippen LogP contribution in [0.3, 0.4) is 0 Å². The lowest BCUT2D eigenvalue weighted by molar-refractivity contribution is -0.131. The van der Waals surface area contributed by atoms with Crippen LogP contribution in [0.15, 0.2) is 214 Å². The number of halogens is 5. The van der Waals surface area contributed by atoms with Gasteiger partial charge >= 0.3 is 31.4 Å². The number of aliphatic carboxylic acids is 1. The molecule has 10 aromatic rings. The fourth-order valence-electron chi connectivity index (χ4n) is 13.2. The molecule has 137 heavy (non-hydrogen) atoms. The number of ether oxygens (including phenoxy) is 6. The summed E-state index contributed by atoms with van der Waals surface area (Å²) in [6, 6.07) is 51.0. The first-order valence-electron chi connectivity index (χ1n) is 44.2. The Morgan fingerprint density at radius 1 is 0.431 bits per heavy atom. The number of nitrogens with one attached hydrogen (secondary N) is 4. The van der Waals surface area contributed by atoms with Gasteiger partial charge in [-0.05, 0) is 264 Å². The number of aromatic nitrogens is 8. The van der Waals surface area contributed by atoms with Crippen molar-refractivity contribution >= 4 is 142 Å². The number of nitrogen functional groups attached to an aromatic ring is 4. The van der Waals surface area contributed by atoms with Gasteiger partial charge in [-0.15, -0.1) is 12.4 Å². The minimum absolute atomic E-state index is 0. The second-order valence-corrected chi connectivity index (χ2v) is 35.8. The van der Waals surface area contributed by atoms with Crippen LogP contribution in [0, 0.1) is 23.7 Å². The molecular weight excluding hydrogens is 1860 g/mol. The SMILES string of the molecule is C=CC(=O)Cl.C=CC(=O)O.CC(C)(C)OC(=O)N1CCC(CN)CC1.CC(C)(C)OC(=O)N1CCC(CNc2ncnc(N)c2-c2ccc(Oc3ccccc3)cc2)CC1.CC(C)(C)OC(=O)N1CCC(CNc2ncnc(N)c2Cl)CC1.Cl.Nc1ncnc(Cl)c1Cl.Nc1ncnc(NCC2CCNCC2)c1-c1ccc(Oc2ccccc2)cc1.OB(O)c1ccc(Oc2ccccc2)cc1. The number of amides is 3. The van der Waals surface area contributed by atoms with E-state index in [1.165, 1.54) is 38.2 Å². The summed E-state index contributed by atoms with van der Waals surface area (Å²) in [4.78, 5) is 92.4. The number of likely N-dealkylation sites (tertiary alicyclic amines) is 3. The molecule has 0 saturated carbocycles. The number of carbonyl (C=O) groups is 5. The molecule has 17 N–H and O–H groups in total. The molecule has 4 saturated heterocycles. The minimum atomic E-state index is -1.44. The molecular formula is C97H126BCl5N20O14. The maximum absolute atomic E-state index is 12.3. The summed E-state index contributed by atoms with van der Waals surface area (Å²) in [7, 11) is -1.44. The average molecular weight is 1980 g/mol. The highest BCUT2D eigenvalue weighted by molar-refractivity contribution is 6.66. The molecule has 4 aromatic heterocycles. The van der Waals surface area contributed by atoms with E-state index in [4.69, 9.17) is 119 Å². The number of nitrogens with zero attached hydrogens (tertiary/aromatic N) is 11. The van der Waals surface area contributed by atoms with Crippen LogP contribution in [0.25, 0.3) is 22.3 Å². The van der Waals surface area contributed by atoms with Crippen LogP contribution in [0.1, 0.15) is 114 Å². The first-order chi connectivity index (χ1) is 64.8. The standard InChI is InChI=1S/C27H33N5O3.C22H25N5O.C15H24ClN5O2.C12H11BO3.C11H22N2O2.C4H3Cl2N3.C3H3ClO.C3H4O2.ClH/c1-27(2,3)35-26(33)32-15-13-19(14-16-32)17-29-25-23(24(28)30-18-31-25)20-9-11-22(12-10-20)34-21-7-5-4-6-8-21;23-21-20(22(27-15-26-21)25-14-16-10-12-24-13-11-16)17-6-8-19(9-7-17)28-18-4-2-1-3-5-18;1-15(2,3)23-14(22)21-6-4-10(5-7-21)8-18-13-11(16)12(17)19-9-20-13;14-13(15)10-6-8-12(9-7-10)16-11-4-2-1-3-5-11;1-11(2,3)15-10(14)13-6-4-9(8-12)5-7-13;5-2-3(6)8-1-9-4(2)7;2*1-2-3(4)5;/h4-12,18-19H,13-17H2,1-3H3,(H3,28,29,30,31);1-9,15-16,24H,10-14H2,(H3,23,25,26,27);9-10H,4-8H2,1-3H3,(H3,17,18,19,20);1-9,14-15H;9H,4-8,12H2,1-3H3;1H,(H2,7,8,9);2H,1H2;2H,1H2,(H,4,5);1H. The number of allylic oxidation sites excluding steroid dienone is 1. The number of hydrogen-bond donors (Lipinski definition) is 12. The zero-order valence-electron chi connectivity index (χ0n) is 78.6. The molecule has 4 aliphatic heterocycles. The largest absolute Gasteiger partial charge is 0.488 e. The molecule has 8 heterocycles. The Morgan fingerprint density at radius 3 is 1.01 bits per heavy atom. The molecule has 14 rings (SSSR count). The molecule has 34 nitrogen and oxygen atoms in total. The average Bonchev–Trinajstić information content (AvgIpc) is 0.811. The lowest BCUT2D eigenvalue weighted by atomic mass is 9.80. The highest BCUT2D eigenvalue weighted by Crippen LogP contribution is 2.37. The summed E-state index contributed by atoms with van der Waals surface area (Å²) in [5.74, 6) is 9.00. The fraction of sp³-hybridized carbons (Fsp3) is 0.371. The van der Waals surface area contributed by atoms with E-state index >= 15 is 0 Å². The summed E-state index contributed by atoms with van der Waals surface area (Å²) in [5.41, 5.74) is 31.5. The third kappa shape index (κ3) is 42.3. The van der Waals surface area contributed by atoms with Gasteiger partial charge in [0, 0.05) is 65.0 Å². The van der Waals surface area contributed by atoms with Gasteiger partial charge in [-0.1, -0.05) is 139 Å².